The lowest BCUT2D eigenvalue weighted by molar-refractivity contribution is 0.0921. The van der Waals surface area contributed by atoms with Crippen LogP contribution in [-0.4, -0.2) is 25.0 Å². The van der Waals surface area contributed by atoms with Gasteiger partial charge in [-0.05, 0) is 35.9 Å². The lowest BCUT2D eigenvalue weighted by Crippen LogP contribution is -2.11. The highest BCUT2D eigenvalue weighted by atomic mass is 16.7. The number of fused-ring (bicyclic) bond motifs is 2. The molecular formula is C24H16O6. The molecule has 6 heteroatoms. The lowest BCUT2D eigenvalue weighted by atomic mass is 10.1. The smallest absolute Gasteiger partial charge is 0.231 e. The van der Waals surface area contributed by atoms with E-state index < -0.39 is 0 Å². The van der Waals surface area contributed by atoms with E-state index in [4.69, 9.17) is 18.9 Å². The molecule has 0 atom stereocenters. The van der Waals surface area contributed by atoms with E-state index in [0.29, 0.717) is 34.1 Å². The van der Waals surface area contributed by atoms with Crippen molar-refractivity contribution >= 4 is 17.6 Å². The van der Waals surface area contributed by atoms with E-state index in [9.17, 15) is 9.59 Å². The van der Waals surface area contributed by atoms with E-state index in [1.807, 2.05) is 12.1 Å². The summed E-state index contributed by atoms with van der Waals surface area (Å²) in [5.41, 5.74) is 1.79. The first kappa shape index (κ1) is 18.0. The first-order chi connectivity index (χ1) is 14.7. The van der Waals surface area contributed by atoms with Crippen LogP contribution in [0.15, 0.2) is 72.5 Å². The summed E-state index contributed by atoms with van der Waals surface area (Å²) >= 11 is 0. The topological polar surface area (TPSA) is 71.1 Å². The van der Waals surface area contributed by atoms with Crippen molar-refractivity contribution in [1.82, 2.24) is 0 Å². The first-order valence-electron chi connectivity index (χ1n) is 9.36. The molecule has 0 bridgehead atoms. The van der Waals surface area contributed by atoms with Gasteiger partial charge in [-0.3, -0.25) is 9.59 Å². The maximum absolute atomic E-state index is 12.7. The molecule has 0 N–H and O–H groups in total. The van der Waals surface area contributed by atoms with Crippen LogP contribution in [-0.2, 0) is 0 Å². The quantitative estimate of drug-likeness (QED) is 0.470. The maximum Gasteiger partial charge on any atom is 0.231 e. The van der Waals surface area contributed by atoms with Crippen LogP contribution in [0.5, 0.6) is 23.0 Å². The molecule has 0 aromatic heterocycles. The van der Waals surface area contributed by atoms with Crippen LogP contribution >= 0.6 is 0 Å². The highest BCUT2D eigenvalue weighted by Gasteiger charge is 2.28. The normalized spacial score (nSPS) is 15.1. The van der Waals surface area contributed by atoms with Gasteiger partial charge >= 0.3 is 0 Å². The second-order valence-electron chi connectivity index (χ2n) is 6.79. The Hall–Kier alpha value is -4.06. The summed E-state index contributed by atoms with van der Waals surface area (Å²) in [5.74, 6) is 2.02. The molecule has 0 amide bonds. The molecule has 0 radical (unpaired) electrons. The third-order valence-electron chi connectivity index (χ3n) is 4.80. The van der Waals surface area contributed by atoms with E-state index in [1.54, 1.807) is 60.7 Å². The van der Waals surface area contributed by atoms with Crippen LogP contribution in [0.3, 0.4) is 0 Å². The molecule has 30 heavy (non-hydrogen) atoms. The zero-order valence-electron chi connectivity index (χ0n) is 15.8. The summed E-state index contributed by atoms with van der Waals surface area (Å²) in [6.45, 7) is 0.0857. The summed E-state index contributed by atoms with van der Waals surface area (Å²) in [7, 11) is 0. The molecule has 2 heterocycles. The number of hydrogen-bond acceptors (Lipinski definition) is 6. The fourth-order valence-electron chi connectivity index (χ4n) is 3.27. The minimum absolute atomic E-state index is 0.101. The van der Waals surface area contributed by atoms with Gasteiger partial charge in [0.2, 0.25) is 12.6 Å². The fraction of sp³-hybridized carbons (Fsp3) is 0.0833. The number of ether oxygens (including phenoxy) is 4. The first-order valence-corrected chi connectivity index (χ1v) is 9.36. The number of allylic oxidation sites excluding steroid dienone is 1. The van der Waals surface area contributed by atoms with Crippen molar-refractivity contribution in [2.75, 3.05) is 13.4 Å². The molecule has 3 aromatic carbocycles. The van der Waals surface area contributed by atoms with E-state index >= 15 is 0 Å². The van der Waals surface area contributed by atoms with Gasteiger partial charge in [-0.1, -0.05) is 36.4 Å². The van der Waals surface area contributed by atoms with Crippen LogP contribution in [0.1, 0.15) is 26.3 Å². The number of hydrogen-bond donors (Lipinski definition) is 0. The highest BCUT2D eigenvalue weighted by molar-refractivity contribution is 6.14. The summed E-state index contributed by atoms with van der Waals surface area (Å²) < 4.78 is 22.0. The monoisotopic (exact) mass is 400 g/mol. The minimum atomic E-state index is -0.213. The Balaban J connectivity index is 1.31. The zero-order valence-corrected chi connectivity index (χ0v) is 15.8. The van der Waals surface area contributed by atoms with Gasteiger partial charge in [0.15, 0.2) is 29.6 Å². The second-order valence-corrected chi connectivity index (χ2v) is 6.79. The van der Waals surface area contributed by atoms with Crippen LogP contribution in [0.4, 0.5) is 0 Å². The summed E-state index contributed by atoms with van der Waals surface area (Å²) in [5, 5.41) is 0. The van der Waals surface area contributed by atoms with Gasteiger partial charge < -0.3 is 18.9 Å². The largest absolute Gasteiger partial charge is 0.485 e. The number of carbonyl (C=O) groups is 2. The van der Waals surface area contributed by atoms with Crippen molar-refractivity contribution < 1.29 is 28.5 Å². The third-order valence-corrected chi connectivity index (χ3v) is 4.80. The molecule has 0 unspecified atom stereocenters. The van der Waals surface area contributed by atoms with Crippen molar-refractivity contribution in [3.63, 3.8) is 0 Å². The molecule has 0 spiro atoms. The van der Waals surface area contributed by atoms with Crippen LogP contribution in [0, 0.1) is 0 Å². The van der Waals surface area contributed by atoms with Crippen molar-refractivity contribution in [3.8, 4) is 23.0 Å². The van der Waals surface area contributed by atoms with E-state index in [-0.39, 0.29) is 30.7 Å². The highest BCUT2D eigenvalue weighted by Crippen LogP contribution is 2.37. The summed E-state index contributed by atoms with van der Waals surface area (Å²) in [6, 6.07) is 19.2. The van der Waals surface area contributed by atoms with E-state index in [2.05, 4.69) is 0 Å². The van der Waals surface area contributed by atoms with Gasteiger partial charge in [0.25, 0.3) is 0 Å². The summed E-state index contributed by atoms with van der Waals surface area (Å²) in [6.07, 6.45) is 1.66. The Kier molecular flexibility index (Phi) is 4.44. The molecule has 0 saturated heterocycles. The number of ketones is 2. The second kappa shape index (κ2) is 7.40. The molecule has 3 aromatic rings. The van der Waals surface area contributed by atoms with Crippen LogP contribution in [0.25, 0.3) is 6.08 Å². The molecule has 0 fully saturated rings. The minimum Gasteiger partial charge on any atom is -0.485 e. The fourth-order valence-corrected chi connectivity index (χ4v) is 3.27. The SMILES string of the molecule is O=C(COc1ccc2c(c1)O/C(=C\c1ccc3c(c1)OCO3)C2=O)c1ccccc1. The predicted octanol–water partition coefficient (Wildman–Crippen LogP) is 4.29. The predicted molar refractivity (Wildman–Crippen MR) is 108 cm³/mol. The van der Waals surface area contributed by atoms with Gasteiger partial charge in [-0.15, -0.1) is 0 Å². The molecular weight excluding hydrogens is 384 g/mol. The Labute approximate surface area is 172 Å². The zero-order chi connectivity index (χ0) is 20.5. The number of rotatable bonds is 5. The number of benzene rings is 3. The molecule has 5 rings (SSSR count). The number of Topliss-reactive ketones (excluding diaryl/α,β-unsaturated/α-hetero) is 2. The molecule has 2 aliphatic rings. The standard InChI is InChI=1S/C24H16O6/c25-19(16-4-2-1-3-5-16)13-27-17-7-8-18-21(12-17)30-23(24(18)26)11-15-6-9-20-22(10-15)29-14-28-20/h1-12H,13-14H2/b23-11-. The lowest BCUT2D eigenvalue weighted by Gasteiger charge is -2.06. The van der Waals surface area contributed by atoms with Gasteiger partial charge in [0.05, 0.1) is 5.56 Å². The maximum atomic E-state index is 12.7. The van der Waals surface area contributed by atoms with Gasteiger partial charge in [-0.2, -0.15) is 0 Å². The van der Waals surface area contributed by atoms with E-state index in [1.165, 1.54) is 0 Å². The van der Waals surface area contributed by atoms with E-state index in [0.717, 1.165) is 5.56 Å². The summed E-state index contributed by atoms with van der Waals surface area (Å²) in [4.78, 5) is 24.9. The Morgan fingerprint density at radius 3 is 2.63 bits per heavy atom. The van der Waals surface area contributed by atoms with Crippen molar-refractivity contribution in [2.45, 2.75) is 0 Å². The number of carbonyl (C=O) groups excluding carboxylic acids is 2. The molecule has 148 valence electrons. The molecule has 6 nitrogen and oxygen atoms in total. The van der Waals surface area contributed by atoms with Crippen molar-refractivity contribution in [1.29, 1.82) is 0 Å². The van der Waals surface area contributed by atoms with Gasteiger partial charge in [-0.25, -0.2) is 0 Å². The average Bonchev–Trinajstić information content (AvgIpc) is 3.36. The van der Waals surface area contributed by atoms with Crippen LogP contribution < -0.4 is 18.9 Å². The Morgan fingerprint density at radius 1 is 0.933 bits per heavy atom. The van der Waals surface area contributed by atoms with Crippen molar-refractivity contribution in [3.05, 3.63) is 89.2 Å². The molecule has 0 saturated carbocycles. The van der Waals surface area contributed by atoms with Gasteiger partial charge in [0.1, 0.15) is 11.5 Å². The molecule has 2 aliphatic heterocycles. The Bertz CT molecular complexity index is 1180. The molecule has 0 aliphatic carbocycles. The van der Waals surface area contributed by atoms with Crippen LogP contribution in [0.2, 0.25) is 0 Å². The van der Waals surface area contributed by atoms with Gasteiger partial charge in [0, 0.05) is 11.6 Å². The average molecular weight is 400 g/mol. The third kappa shape index (κ3) is 3.39. The van der Waals surface area contributed by atoms with Crippen molar-refractivity contribution in [2.24, 2.45) is 0 Å². The Morgan fingerprint density at radius 2 is 1.77 bits per heavy atom.